The monoisotopic (exact) mass is 452 g/mol. The summed E-state index contributed by atoms with van der Waals surface area (Å²) in [6.07, 6.45) is 28.9. The minimum Gasteiger partial charge on any atom is -0.304 e. The predicted octanol–water partition coefficient (Wildman–Crippen LogP) is 9.97. The summed E-state index contributed by atoms with van der Waals surface area (Å²) < 4.78 is 2.66. The van der Waals surface area contributed by atoms with Crippen molar-refractivity contribution in [3.8, 4) is 0 Å². The Morgan fingerprint density at radius 1 is 0.677 bits per heavy atom. The summed E-state index contributed by atoms with van der Waals surface area (Å²) in [6.45, 7) is 9.18. The van der Waals surface area contributed by atoms with Crippen LogP contribution in [0.5, 0.6) is 0 Å². The Morgan fingerprint density at radius 2 is 1.23 bits per heavy atom. The van der Waals surface area contributed by atoms with Crippen molar-refractivity contribution in [3.63, 3.8) is 0 Å². The molecular formula is C28H56N2S. The zero-order valence-electron chi connectivity index (χ0n) is 21.6. The van der Waals surface area contributed by atoms with Gasteiger partial charge in [-0.25, -0.2) is 0 Å². The molecule has 1 saturated carbocycles. The van der Waals surface area contributed by atoms with Crippen molar-refractivity contribution in [1.29, 1.82) is 0 Å². The molecule has 1 aliphatic carbocycles. The highest BCUT2D eigenvalue weighted by molar-refractivity contribution is 7.98. The quantitative estimate of drug-likeness (QED) is 0.0790. The molecule has 0 amide bonds. The Balaban J connectivity index is 2.47. The maximum Gasteiger partial charge on any atom is 0.109 e. The van der Waals surface area contributed by atoms with Gasteiger partial charge in [-0.2, -0.15) is 0 Å². The molecule has 0 aromatic heterocycles. The average molecular weight is 453 g/mol. The number of hydrogen-bond donors (Lipinski definition) is 0. The van der Waals surface area contributed by atoms with Gasteiger partial charge in [0.25, 0.3) is 0 Å². The molecule has 3 heteroatoms. The maximum atomic E-state index is 5.17. The molecule has 0 unspecified atom stereocenters. The van der Waals surface area contributed by atoms with Gasteiger partial charge in [0.15, 0.2) is 0 Å². The third-order valence-corrected chi connectivity index (χ3v) is 8.03. The predicted molar refractivity (Wildman–Crippen MR) is 144 cm³/mol. The van der Waals surface area contributed by atoms with E-state index in [1.807, 2.05) is 0 Å². The number of rotatable bonds is 20. The normalized spacial score (nSPS) is 15.5. The molecule has 0 saturated heterocycles. The molecule has 0 radical (unpaired) electrons. The number of hydrogen-bond acceptors (Lipinski definition) is 2. The summed E-state index contributed by atoms with van der Waals surface area (Å²) in [6, 6.07) is 0. The van der Waals surface area contributed by atoms with E-state index in [9.17, 15) is 0 Å². The lowest BCUT2D eigenvalue weighted by Crippen LogP contribution is -2.29. The van der Waals surface area contributed by atoms with Crippen molar-refractivity contribution in [2.24, 2.45) is 4.99 Å². The van der Waals surface area contributed by atoms with Gasteiger partial charge in [0, 0.05) is 24.8 Å². The second-order valence-electron chi connectivity index (χ2n) is 9.76. The van der Waals surface area contributed by atoms with E-state index in [4.69, 9.17) is 4.99 Å². The van der Waals surface area contributed by atoms with E-state index in [2.05, 4.69) is 37.0 Å². The van der Waals surface area contributed by atoms with Crippen LogP contribution in [-0.4, -0.2) is 28.5 Å². The smallest absolute Gasteiger partial charge is 0.109 e. The van der Waals surface area contributed by atoms with E-state index in [1.165, 1.54) is 141 Å². The standard InChI is InChI=1S/C28H56N2S/c1-4-7-9-11-13-15-20-25-29-28(22-6-3)30(31-27-23-18-17-19-24-27)26-21-16-14-12-10-8-5-2/h27H,4-26H2,1-3H3. The topological polar surface area (TPSA) is 15.6 Å². The van der Waals surface area contributed by atoms with Crippen LogP contribution in [0.3, 0.4) is 0 Å². The van der Waals surface area contributed by atoms with Crippen molar-refractivity contribution in [2.75, 3.05) is 13.1 Å². The summed E-state index contributed by atoms with van der Waals surface area (Å²) >= 11 is 2.17. The van der Waals surface area contributed by atoms with E-state index in [0.717, 1.165) is 18.2 Å². The van der Waals surface area contributed by atoms with Crippen molar-refractivity contribution < 1.29 is 0 Å². The van der Waals surface area contributed by atoms with Crippen LogP contribution in [0.25, 0.3) is 0 Å². The van der Waals surface area contributed by atoms with E-state index >= 15 is 0 Å². The van der Waals surface area contributed by atoms with Crippen molar-refractivity contribution in [3.05, 3.63) is 0 Å². The number of nitrogens with zero attached hydrogens (tertiary/aromatic N) is 2. The molecule has 0 aliphatic heterocycles. The lowest BCUT2D eigenvalue weighted by molar-refractivity contribution is 0.500. The Labute approximate surface area is 201 Å². The molecule has 184 valence electrons. The molecule has 0 aromatic carbocycles. The van der Waals surface area contributed by atoms with Gasteiger partial charge in [-0.3, -0.25) is 4.99 Å². The fourth-order valence-electron chi connectivity index (χ4n) is 4.59. The highest BCUT2D eigenvalue weighted by Crippen LogP contribution is 2.32. The Kier molecular flexibility index (Phi) is 20.2. The van der Waals surface area contributed by atoms with Gasteiger partial charge < -0.3 is 4.31 Å². The second kappa shape index (κ2) is 21.7. The highest BCUT2D eigenvalue weighted by Gasteiger charge is 2.20. The highest BCUT2D eigenvalue weighted by atomic mass is 32.2. The number of aliphatic imine (C=N–C) groups is 1. The molecule has 31 heavy (non-hydrogen) atoms. The van der Waals surface area contributed by atoms with E-state index < -0.39 is 0 Å². The SMILES string of the molecule is CCCCCCCCCN=C(CCC)N(CCCCCCCCC)SC1CCCCC1. The van der Waals surface area contributed by atoms with Crippen LogP contribution in [-0.2, 0) is 0 Å². The second-order valence-corrected chi connectivity index (χ2v) is 11.1. The summed E-state index contributed by atoms with van der Waals surface area (Å²) in [5.74, 6) is 1.41. The minimum atomic E-state index is 0.832. The van der Waals surface area contributed by atoms with Crippen molar-refractivity contribution in [1.82, 2.24) is 4.31 Å². The first kappa shape index (κ1) is 28.9. The number of unbranched alkanes of at least 4 members (excludes halogenated alkanes) is 12. The first-order valence-electron chi connectivity index (χ1n) is 14.3. The lowest BCUT2D eigenvalue weighted by atomic mass is 10.0. The van der Waals surface area contributed by atoms with Gasteiger partial charge in [0.1, 0.15) is 5.84 Å². The summed E-state index contributed by atoms with van der Waals surface area (Å²) in [5.41, 5.74) is 0. The fraction of sp³-hybridized carbons (Fsp3) is 0.964. The molecule has 0 N–H and O–H groups in total. The molecule has 1 rings (SSSR count). The van der Waals surface area contributed by atoms with E-state index in [0.29, 0.717) is 0 Å². The first-order valence-corrected chi connectivity index (χ1v) is 15.1. The zero-order chi connectivity index (χ0) is 22.4. The summed E-state index contributed by atoms with van der Waals surface area (Å²) in [5, 5.41) is 0.832. The van der Waals surface area contributed by atoms with Crippen LogP contribution in [0.2, 0.25) is 0 Å². The molecule has 0 atom stereocenters. The van der Waals surface area contributed by atoms with Crippen LogP contribution in [0.15, 0.2) is 4.99 Å². The Bertz CT molecular complexity index is 404. The maximum absolute atomic E-state index is 5.17. The molecule has 1 fully saturated rings. The third-order valence-electron chi connectivity index (χ3n) is 6.61. The molecule has 2 nitrogen and oxygen atoms in total. The Hall–Kier alpha value is -0.180. The van der Waals surface area contributed by atoms with Crippen LogP contribution in [0.1, 0.15) is 156 Å². The lowest BCUT2D eigenvalue weighted by Gasteiger charge is -2.31. The molecular weight excluding hydrogens is 396 g/mol. The van der Waals surface area contributed by atoms with Gasteiger partial charge >= 0.3 is 0 Å². The molecule has 0 aromatic rings. The van der Waals surface area contributed by atoms with Gasteiger partial charge in [-0.15, -0.1) is 0 Å². The molecule has 0 spiro atoms. The number of amidine groups is 1. The van der Waals surface area contributed by atoms with Crippen molar-refractivity contribution in [2.45, 2.75) is 161 Å². The molecule has 0 heterocycles. The minimum absolute atomic E-state index is 0.832. The Morgan fingerprint density at radius 3 is 1.81 bits per heavy atom. The summed E-state index contributed by atoms with van der Waals surface area (Å²) in [7, 11) is 0. The molecule has 0 bridgehead atoms. The van der Waals surface area contributed by atoms with Gasteiger partial charge in [0.05, 0.1) is 0 Å². The third kappa shape index (κ3) is 16.1. The van der Waals surface area contributed by atoms with Gasteiger partial charge in [-0.1, -0.05) is 117 Å². The van der Waals surface area contributed by atoms with Gasteiger partial charge in [-0.05, 0) is 44.1 Å². The van der Waals surface area contributed by atoms with Gasteiger partial charge in [0.2, 0.25) is 0 Å². The van der Waals surface area contributed by atoms with Crippen molar-refractivity contribution >= 4 is 17.8 Å². The average Bonchev–Trinajstić information content (AvgIpc) is 2.79. The zero-order valence-corrected chi connectivity index (χ0v) is 22.5. The van der Waals surface area contributed by atoms with Crippen LogP contribution in [0.4, 0.5) is 0 Å². The van der Waals surface area contributed by atoms with E-state index in [-0.39, 0.29) is 0 Å². The van der Waals surface area contributed by atoms with E-state index in [1.54, 1.807) is 0 Å². The largest absolute Gasteiger partial charge is 0.304 e. The van der Waals surface area contributed by atoms with Crippen LogP contribution < -0.4 is 0 Å². The first-order chi connectivity index (χ1) is 15.3. The van der Waals surface area contributed by atoms with Crippen LogP contribution in [0, 0.1) is 0 Å². The molecule has 1 aliphatic rings. The fourth-order valence-corrected chi connectivity index (χ4v) is 6.00. The summed E-state index contributed by atoms with van der Waals surface area (Å²) in [4.78, 5) is 5.17. The van der Waals surface area contributed by atoms with Crippen LogP contribution >= 0.6 is 11.9 Å².